The Hall–Kier alpha value is -3.26. The SMILES string of the molecule is O=C(N/C(=C/[S-])[P+](c1ccccc1)(c1ccccc1)c1ccccc1)c1ccccc1. The summed E-state index contributed by atoms with van der Waals surface area (Å²) in [5.41, 5.74) is 1.35. The highest BCUT2D eigenvalue weighted by Crippen LogP contribution is 2.61. The van der Waals surface area contributed by atoms with Crippen LogP contribution in [0, 0.1) is 0 Å². The first-order chi connectivity index (χ1) is 15.3. The van der Waals surface area contributed by atoms with Crippen LogP contribution in [0.1, 0.15) is 10.4 Å². The monoisotopic (exact) mass is 439 g/mol. The molecule has 31 heavy (non-hydrogen) atoms. The fraction of sp³-hybridized carbons (Fsp3) is 0. The molecule has 4 aromatic rings. The van der Waals surface area contributed by atoms with E-state index in [9.17, 15) is 4.79 Å². The molecule has 0 bridgehead atoms. The maximum Gasteiger partial charge on any atom is 0.258 e. The second kappa shape index (κ2) is 9.70. The van der Waals surface area contributed by atoms with Gasteiger partial charge >= 0.3 is 0 Å². The lowest BCUT2D eigenvalue weighted by Gasteiger charge is -2.30. The molecule has 0 saturated heterocycles. The quantitative estimate of drug-likeness (QED) is 0.347. The Morgan fingerprint density at radius 3 is 1.32 bits per heavy atom. The van der Waals surface area contributed by atoms with Gasteiger partial charge in [0.25, 0.3) is 5.91 Å². The standard InChI is InChI=1S/C27H22NOPS/c29-27(22-13-5-1-6-14-22)28-26(21-31)30(23-15-7-2-8-16-23,24-17-9-3-10-18-24)25-19-11-4-12-20-25/h1-21H,(H-,28,29,31)/b26-21-. The minimum Gasteiger partial charge on any atom is -0.782 e. The fourth-order valence-corrected chi connectivity index (χ4v) is 8.34. The number of rotatable bonds is 6. The molecule has 1 N–H and O–H groups in total. The van der Waals surface area contributed by atoms with Crippen molar-refractivity contribution in [2.24, 2.45) is 0 Å². The van der Waals surface area contributed by atoms with Crippen LogP contribution in [0.25, 0.3) is 0 Å². The second-order valence-corrected chi connectivity index (χ2v) is 10.6. The molecular formula is C27H22NOPS. The summed E-state index contributed by atoms with van der Waals surface area (Å²) in [5.74, 6) is -0.163. The number of hydrogen-bond donors (Lipinski definition) is 1. The Bertz CT molecular complexity index is 1070. The van der Waals surface area contributed by atoms with E-state index >= 15 is 0 Å². The molecule has 0 spiro atoms. The molecule has 0 radical (unpaired) electrons. The van der Waals surface area contributed by atoms with Gasteiger partial charge in [-0.1, -0.05) is 72.8 Å². The van der Waals surface area contributed by atoms with Gasteiger partial charge in [0.2, 0.25) is 0 Å². The van der Waals surface area contributed by atoms with Gasteiger partial charge in [-0.25, -0.2) is 0 Å². The second-order valence-electron chi connectivity index (χ2n) is 7.00. The molecule has 0 unspecified atom stereocenters. The van der Waals surface area contributed by atoms with E-state index < -0.39 is 7.26 Å². The van der Waals surface area contributed by atoms with Gasteiger partial charge in [0, 0.05) is 5.56 Å². The highest BCUT2D eigenvalue weighted by molar-refractivity contribution is 7.99. The normalized spacial score (nSPS) is 11.7. The van der Waals surface area contributed by atoms with Gasteiger partial charge in [-0.2, -0.15) is 5.41 Å². The van der Waals surface area contributed by atoms with Crippen molar-refractivity contribution in [2.75, 3.05) is 0 Å². The molecule has 0 heterocycles. The Balaban J connectivity index is 1.96. The number of hydrogen-bond acceptors (Lipinski definition) is 2. The Morgan fingerprint density at radius 2 is 0.968 bits per heavy atom. The van der Waals surface area contributed by atoms with E-state index in [-0.39, 0.29) is 5.91 Å². The summed E-state index contributed by atoms with van der Waals surface area (Å²) in [7, 11) is -2.41. The lowest BCUT2D eigenvalue weighted by atomic mass is 10.2. The lowest BCUT2D eigenvalue weighted by molar-refractivity contribution is 0.0968. The molecule has 0 saturated carbocycles. The third-order valence-electron chi connectivity index (χ3n) is 5.18. The van der Waals surface area contributed by atoms with E-state index in [1.165, 1.54) is 0 Å². The van der Waals surface area contributed by atoms with Crippen molar-refractivity contribution in [3.8, 4) is 0 Å². The minimum absolute atomic E-state index is 0.163. The van der Waals surface area contributed by atoms with Crippen LogP contribution in [0.2, 0.25) is 0 Å². The summed E-state index contributed by atoms with van der Waals surface area (Å²) in [4.78, 5) is 13.2. The van der Waals surface area contributed by atoms with E-state index in [1.807, 2.05) is 84.9 Å². The molecular weight excluding hydrogens is 417 g/mol. The van der Waals surface area contributed by atoms with Crippen molar-refractivity contribution < 1.29 is 4.79 Å². The van der Waals surface area contributed by atoms with Crippen molar-refractivity contribution in [3.05, 3.63) is 138 Å². The van der Waals surface area contributed by atoms with Gasteiger partial charge in [0.15, 0.2) is 12.7 Å². The van der Waals surface area contributed by atoms with Crippen LogP contribution in [0.4, 0.5) is 0 Å². The largest absolute Gasteiger partial charge is 0.782 e. The molecule has 4 aromatic carbocycles. The van der Waals surface area contributed by atoms with Gasteiger partial charge < -0.3 is 12.6 Å². The predicted octanol–water partition coefficient (Wildman–Crippen LogP) is 4.76. The maximum atomic E-state index is 13.2. The average molecular weight is 440 g/mol. The molecule has 0 fully saturated rings. The van der Waals surface area contributed by atoms with Crippen molar-refractivity contribution in [1.29, 1.82) is 0 Å². The molecule has 4 heteroatoms. The zero-order chi connectivity index (χ0) is 21.5. The average Bonchev–Trinajstić information content (AvgIpc) is 2.86. The van der Waals surface area contributed by atoms with E-state index in [0.29, 0.717) is 5.56 Å². The zero-order valence-electron chi connectivity index (χ0n) is 16.9. The molecule has 1 amide bonds. The van der Waals surface area contributed by atoms with Crippen LogP contribution in [0.15, 0.2) is 132 Å². The lowest BCUT2D eigenvalue weighted by Crippen LogP contribution is -2.38. The molecule has 0 aliphatic heterocycles. The zero-order valence-corrected chi connectivity index (χ0v) is 18.6. The first kappa shape index (κ1) is 21.0. The number of carbonyl (C=O) groups excluding carboxylic acids is 1. The number of amides is 1. The third-order valence-corrected chi connectivity index (χ3v) is 9.77. The van der Waals surface area contributed by atoms with Crippen LogP contribution in [0.5, 0.6) is 0 Å². The summed E-state index contributed by atoms with van der Waals surface area (Å²) in [5, 5.41) is 8.24. The van der Waals surface area contributed by atoms with Crippen molar-refractivity contribution in [3.63, 3.8) is 0 Å². The summed E-state index contributed by atoms with van der Waals surface area (Å²) in [6, 6.07) is 40.2. The topological polar surface area (TPSA) is 29.1 Å². The van der Waals surface area contributed by atoms with Crippen LogP contribution in [-0.4, -0.2) is 5.91 Å². The van der Waals surface area contributed by atoms with Crippen molar-refractivity contribution in [2.45, 2.75) is 0 Å². The molecule has 2 nitrogen and oxygen atoms in total. The summed E-state index contributed by atoms with van der Waals surface area (Å²) in [6.45, 7) is 0. The molecule has 0 atom stereocenters. The van der Waals surface area contributed by atoms with Crippen LogP contribution in [-0.2, 0) is 12.6 Å². The van der Waals surface area contributed by atoms with E-state index in [0.717, 1.165) is 21.4 Å². The van der Waals surface area contributed by atoms with E-state index in [4.69, 9.17) is 12.6 Å². The number of nitrogens with one attached hydrogen (secondary N) is 1. The first-order valence-electron chi connectivity index (χ1n) is 10.0. The molecule has 0 aliphatic rings. The first-order valence-corrected chi connectivity index (χ1v) is 12.3. The van der Waals surface area contributed by atoms with Crippen LogP contribution >= 0.6 is 7.26 Å². The summed E-state index contributed by atoms with van der Waals surface area (Å²) in [6.07, 6.45) is 0. The molecule has 0 aromatic heterocycles. The van der Waals surface area contributed by atoms with Crippen LogP contribution in [0.3, 0.4) is 0 Å². The van der Waals surface area contributed by atoms with Gasteiger partial charge in [-0.05, 0) is 48.5 Å². The molecule has 4 rings (SSSR count). The van der Waals surface area contributed by atoms with Gasteiger partial charge in [0.1, 0.15) is 15.9 Å². The van der Waals surface area contributed by atoms with Crippen LogP contribution < -0.4 is 21.2 Å². The maximum absolute atomic E-state index is 13.2. The van der Waals surface area contributed by atoms with Gasteiger partial charge in [0.05, 0.1) is 0 Å². The summed E-state index contributed by atoms with van der Waals surface area (Å²) < 4.78 is 0. The van der Waals surface area contributed by atoms with E-state index in [1.54, 1.807) is 5.41 Å². The smallest absolute Gasteiger partial charge is 0.258 e. The number of carbonyl (C=O) groups is 1. The highest BCUT2D eigenvalue weighted by atomic mass is 32.1. The van der Waals surface area contributed by atoms with Gasteiger partial charge in [-0.15, -0.1) is 0 Å². The van der Waals surface area contributed by atoms with Crippen molar-refractivity contribution in [1.82, 2.24) is 5.32 Å². The Morgan fingerprint density at radius 1 is 0.613 bits per heavy atom. The minimum atomic E-state index is -2.41. The fourth-order valence-electron chi connectivity index (χ4n) is 3.79. The van der Waals surface area contributed by atoms with E-state index in [2.05, 4.69) is 41.7 Å². The summed E-state index contributed by atoms with van der Waals surface area (Å²) >= 11 is 5.54. The Labute approximate surface area is 189 Å². The van der Waals surface area contributed by atoms with Crippen molar-refractivity contribution >= 4 is 41.7 Å². The third kappa shape index (κ3) is 4.16. The Kier molecular flexibility index (Phi) is 6.57. The molecule has 0 aliphatic carbocycles. The highest BCUT2D eigenvalue weighted by Gasteiger charge is 2.49. The molecule has 152 valence electrons. The van der Waals surface area contributed by atoms with Gasteiger partial charge in [-0.3, -0.25) is 10.1 Å². The predicted molar refractivity (Wildman–Crippen MR) is 135 cm³/mol. The number of benzene rings is 4.